The Kier molecular flexibility index (Phi) is 9.23. The minimum absolute atomic E-state index is 0.0815. The second kappa shape index (κ2) is 13.4. The quantitative estimate of drug-likeness (QED) is 0.253. The van der Waals surface area contributed by atoms with Gasteiger partial charge in [-0.3, -0.25) is 14.6 Å². The average Bonchev–Trinajstić information content (AvgIpc) is 3.58. The number of H-pyrrole nitrogens is 1. The Morgan fingerprint density at radius 1 is 1.02 bits per heavy atom. The number of anilines is 2. The summed E-state index contributed by atoms with van der Waals surface area (Å²) in [5.74, 6) is 2.06. The van der Waals surface area contributed by atoms with Crippen molar-refractivity contribution in [2.75, 3.05) is 42.9 Å². The lowest BCUT2D eigenvalue weighted by atomic mass is 9.95. The number of aromatic nitrogens is 4. The largest absolute Gasteiger partial charge is 0.353 e. The molecule has 0 radical (unpaired) electrons. The van der Waals surface area contributed by atoms with Crippen LogP contribution in [0.2, 0.25) is 10.0 Å². The predicted octanol–water partition coefficient (Wildman–Crippen LogP) is 5.92. The number of piperidine rings is 1. The van der Waals surface area contributed by atoms with E-state index in [1.807, 2.05) is 54.7 Å². The van der Waals surface area contributed by atoms with Gasteiger partial charge >= 0.3 is 0 Å². The SMILES string of the molecule is CC[C@H]1CN(c2ncc(-c3ncc[nH]3)cc2Cl)CCN1C1CCN(C(C(=O)Nc2ccccn2)c2ccc(Cl)cc2)CC1. The van der Waals surface area contributed by atoms with Gasteiger partial charge < -0.3 is 15.2 Å². The third-order valence-electron chi connectivity index (χ3n) is 8.58. The molecule has 2 aliphatic rings. The maximum atomic E-state index is 13.6. The molecule has 224 valence electrons. The van der Waals surface area contributed by atoms with Gasteiger partial charge in [-0.05, 0) is 55.2 Å². The van der Waals surface area contributed by atoms with Crippen LogP contribution in [0.1, 0.15) is 37.8 Å². The number of hydrogen-bond donors (Lipinski definition) is 2. The fraction of sp³-hybridized carbons (Fsp3) is 0.375. The molecule has 6 rings (SSSR count). The molecule has 2 fully saturated rings. The van der Waals surface area contributed by atoms with Crippen LogP contribution in [-0.4, -0.2) is 80.5 Å². The maximum absolute atomic E-state index is 13.6. The summed E-state index contributed by atoms with van der Waals surface area (Å²) in [6.45, 7) is 6.59. The molecule has 2 aliphatic heterocycles. The lowest BCUT2D eigenvalue weighted by molar-refractivity contribution is -0.122. The Balaban J connectivity index is 1.11. The Hall–Kier alpha value is -3.50. The Morgan fingerprint density at radius 2 is 1.84 bits per heavy atom. The third-order valence-corrected chi connectivity index (χ3v) is 9.11. The number of amides is 1. The van der Waals surface area contributed by atoms with Crippen molar-refractivity contribution < 1.29 is 4.79 Å². The first-order chi connectivity index (χ1) is 21.0. The van der Waals surface area contributed by atoms with Gasteiger partial charge in [0.2, 0.25) is 5.91 Å². The van der Waals surface area contributed by atoms with Crippen molar-refractivity contribution >= 4 is 40.7 Å². The molecule has 4 aromatic rings. The molecule has 0 spiro atoms. The zero-order valence-electron chi connectivity index (χ0n) is 24.2. The molecule has 11 heteroatoms. The zero-order chi connectivity index (χ0) is 29.8. The summed E-state index contributed by atoms with van der Waals surface area (Å²) >= 11 is 12.9. The number of rotatable bonds is 8. The minimum atomic E-state index is -0.420. The van der Waals surface area contributed by atoms with Crippen LogP contribution in [0.15, 0.2) is 73.3 Å². The summed E-state index contributed by atoms with van der Waals surface area (Å²) in [5.41, 5.74) is 1.81. The molecule has 9 nitrogen and oxygen atoms in total. The first-order valence-corrected chi connectivity index (χ1v) is 15.6. The topological polar surface area (TPSA) is 93.3 Å². The maximum Gasteiger partial charge on any atom is 0.247 e. The number of aromatic amines is 1. The normalized spacial score (nSPS) is 19.3. The fourth-order valence-electron chi connectivity index (χ4n) is 6.40. The van der Waals surface area contributed by atoms with Gasteiger partial charge in [-0.15, -0.1) is 0 Å². The number of imidazole rings is 1. The monoisotopic (exact) mass is 618 g/mol. The highest BCUT2D eigenvalue weighted by atomic mass is 35.5. The van der Waals surface area contributed by atoms with Crippen LogP contribution in [0.25, 0.3) is 11.4 Å². The highest BCUT2D eigenvalue weighted by Gasteiger charge is 2.37. The molecule has 2 atom stereocenters. The molecular weight excluding hydrogens is 583 g/mol. The number of nitrogens with zero attached hydrogens (tertiary/aromatic N) is 6. The Labute approximate surface area is 262 Å². The summed E-state index contributed by atoms with van der Waals surface area (Å²) in [4.78, 5) is 37.3. The second-order valence-corrected chi connectivity index (χ2v) is 12.0. The van der Waals surface area contributed by atoms with E-state index in [1.165, 1.54) is 0 Å². The molecule has 3 aromatic heterocycles. The summed E-state index contributed by atoms with van der Waals surface area (Å²) in [5, 5.41) is 4.31. The number of hydrogen-bond acceptors (Lipinski definition) is 7. The van der Waals surface area contributed by atoms with Gasteiger partial charge in [0.15, 0.2) is 0 Å². The number of benzene rings is 1. The van der Waals surface area contributed by atoms with Gasteiger partial charge in [0.05, 0.1) is 5.02 Å². The summed E-state index contributed by atoms with van der Waals surface area (Å²) in [7, 11) is 0. The molecule has 1 aromatic carbocycles. The van der Waals surface area contributed by atoms with Crippen LogP contribution in [0, 0.1) is 0 Å². The van der Waals surface area contributed by atoms with E-state index in [4.69, 9.17) is 28.2 Å². The highest BCUT2D eigenvalue weighted by molar-refractivity contribution is 6.33. The molecule has 1 unspecified atom stereocenters. The van der Waals surface area contributed by atoms with Gasteiger partial charge in [0, 0.05) is 80.2 Å². The Morgan fingerprint density at radius 3 is 2.51 bits per heavy atom. The lowest BCUT2D eigenvalue weighted by Gasteiger charge is -2.48. The minimum Gasteiger partial charge on any atom is -0.353 e. The van der Waals surface area contributed by atoms with E-state index >= 15 is 0 Å². The van der Waals surface area contributed by atoms with Crippen LogP contribution in [0.5, 0.6) is 0 Å². The average molecular weight is 620 g/mol. The smallest absolute Gasteiger partial charge is 0.247 e. The van der Waals surface area contributed by atoms with Crippen molar-refractivity contribution in [1.82, 2.24) is 29.7 Å². The number of pyridine rings is 2. The van der Waals surface area contributed by atoms with Gasteiger partial charge in [-0.2, -0.15) is 0 Å². The fourth-order valence-corrected chi connectivity index (χ4v) is 6.81. The molecule has 0 aliphatic carbocycles. The van der Waals surface area contributed by atoms with E-state index in [1.54, 1.807) is 18.6 Å². The third kappa shape index (κ3) is 6.70. The molecule has 2 saturated heterocycles. The summed E-state index contributed by atoms with van der Waals surface area (Å²) in [6, 6.07) is 15.5. The summed E-state index contributed by atoms with van der Waals surface area (Å²) in [6.07, 6.45) is 10.1. The zero-order valence-corrected chi connectivity index (χ0v) is 25.7. The number of carbonyl (C=O) groups is 1. The second-order valence-electron chi connectivity index (χ2n) is 11.1. The number of likely N-dealkylation sites (tertiary alicyclic amines) is 1. The molecule has 2 N–H and O–H groups in total. The van der Waals surface area contributed by atoms with E-state index in [9.17, 15) is 4.79 Å². The number of halogens is 2. The van der Waals surface area contributed by atoms with Gasteiger partial charge in [0.1, 0.15) is 23.5 Å². The number of piperazine rings is 1. The van der Waals surface area contributed by atoms with E-state index in [-0.39, 0.29) is 5.91 Å². The van der Waals surface area contributed by atoms with E-state index in [2.05, 4.69) is 41.9 Å². The standard InChI is InChI=1S/C32H36Cl2N8O/c1-2-25-21-41(31-27(34)19-23(20-38-31)30-36-13-14-37-30)17-18-42(25)26-10-15-40(16-11-26)29(22-6-8-24(33)9-7-22)32(43)39-28-5-3-4-12-35-28/h3-9,12-14,19-20,25-26,29H,2,10-11,15-18,21H2,1H3,(H,36,37)(H,35,39,43)/t25-,29?/m0/s1. The number of carbonyl (C=O) groups excluding carboxylic acids is 1. The van der Waals surface area contributed by atoms with Crippen LogP contribution in [-0.2, 0) is 4.79 Å². The molecule has 5 heterocycles. The van der Waals surface area contributed by atoms with Crippen molar-refractivity contribution in [2.45, 2.75) is 44.3 Å². The van der Waals surface area contributed by atoms with Gasteiger partial charge in [-0.1, -0.05) is 48.3 Å². The predicted molar refractivity (Wildman–Crippen MR) is 171 cm³/mol. The first kappa shape index (κ1) is 29.6. The molecule has 0 bridgehead atoms. The molecular formula is C32H36Cl2N8O. The van der Waals surface area contributed by atoms with E-state index in [0.717, 1.165) is 74.8 Å². The first-order valence-electron chi connectivity index (χ1n) is 14.9. The van der Waals surface area contributed by atoms with Crippen molar-refractivity contribution in [3.63, 3.8) is 0 Å². The van der Waals surface area contributed by atoms with Gasteiger partial charge in [-0.25, -0.2) is 15.0 Å². The molecule has 43 heavy (non-hydrogen) atoms. The highest BCUT2D eigenvalue weighted by Crippen LogP contribution is 2.33. The van der Waals surface area contributed by atoms with Gasteiger partial charge in [0.25, 0.3) is 0 Å². The Bertz CT molecular complexity index is 1490. The van der Waals surface area contributed by atoms with Crippen molar-refractivity contribution in [2.24, 2.45) is 0 Å². The van der Waals surface area contributed by atoms with Crippen LogP contribution in [0.3, 0.4) is 0 Å². The van der Waals surface area contributed by atoms with Crippen molar-refractivity contribution in [1.29, 1.82) is 0 Å². The number of nitrogens with one attached hydrogen (secondary N) is 2. The van der Waals surface area contributed by atoms with Crippen LogP contribution in [0.4, 0.5) is 11.6 Å². The molecule has 1 amide bonds. The summed E-state index contributed by atoms with van der Waals surface area (Å²) < 4.78 is 0. The van der Waals surface area contributed by atoms with Crippen molar-refractivity contribution in [3.05, 3.63) is 88.9 Å². The van der Waals surface area contributed by atoms with Crippen molar-refractivity contribution in [3.8, 4) is 11.4 Å². The lowest BCUT2D eigenvalue weighted by Crippen LogP contribution is -2.59. The van der Waals surface area contributed by atoms with E-state index in [0.29, 0.717) is 27.9 Å². The van der Waals surface area contributed by atoms with E-state index < -0.39 is 6.04 Å². The van der Waals surface area contributed by atoms with Crippen LogP contribution < -0.4 is 10.2 Å². The molecule has 0 saturated carbocycles. The van der Waals surface area contributed by atoms with Crippen LogP contribution >= 0.6 is 23.2 Å².